The quantitative estimate of drug-likeness (QED) is 0.266. The highest BCUT2D eigenvalue weighted by Gasteiger charge is 2.23. The summed E-state index contributed by atoms with van der Waals surface area (Å²) in [4.78, 5) is 17.6. The Bertz CT molecular complexity index is 1620. The molecule has 0 atom stereocenters. The van der Waals surface area contributed by atoms with Crippen molar-refractivity contribution in [2.24, 2.45) is 0 Å². The second kappa shape index (κ2) is 10.2. The molecule has 12 heteroatoms. The molecule has 0 spiro atoms. The van der Waals surface area contributed by atoms with Gasteiger partial charge in [-0.1, -0.05) is 41.4 Å². The lowest BCUT2D eigenvalue weighted by Crippen LogP contribution is -2.13. The van der Waals surface area contributed by atoms with E-state index in [1.165, 1.54) is 19.4 Å². The first kappa shape index (κ1) is 24.7. The molecule has 0 unspecified atom stereocenters. The second-order valence-corrected chi connectivity index (χ2v) is 8.78. The molecule has 3 heterocycles. The topological polar surface area (TPSA) is 86.3 Å². The fourth-order valence-electron chi connectivity index (χ4n) is 3.82. The van der Waals surface area contributed by atoms with E-state index in [-0.39, 0.29) is 22.7 Å². The second-order valence-electron chi connectivity index (χ2n) is 7.96. The lowest BCUT2D eigenvalue weighted by Gasteiger charge is -2.11. The molecule has 0 bridgehead atoms. The molecular formula is C25H18Cl2F2N6O2. The molecular weight excluding hydrogens is 525 g/mol. The number of alkyl halides is 2. The summed E-state index contributed by atoms with van der Waals surface area (Å²) < 4.78 is 35.7. The van der Waals surface area contributed by atoms with Crippen molar-refractivity contribution >= 4 is 40.6 Å². The Kier molecular flexibility index (Phi) is 6.77. The zero-order valence-electron chi connectivity index (χ0n) is 19.2. The lowest BCUT2D eigenvalue weighted by atomic mass is 10.1. The van der Waals surface area contributed by atoms with Crippen LogP contribution in [0, 0.1) is 0 Å². The van der Waals surface area contributed by atoms with Crippen LogP contribution in [-0.2, 0) is 6.54 Å². The minimum absolute atomic E-state index is 0.0117. The zero-order chi connectivity index (χ0) is 26.1. The van der Waals surface area contributed by atoms with Crippen molar-refractivity contribution in [2.45, 2.75) is 13.0 Å². The standard InChI is InChI=1S/C25H18Cl2F2N6O2/c1-37-21-5-3-2-4-15(21)19-11-20(23(28)29)35-24(31-19)16(12-30-35)25(36)32-22-8-9-34(33-22)13-14-6-7-17(26)18(27)10-14/h2-12,23H,13H2,1H3,(H,32,33,36). The summed E-state index contributed by atoms with van der Waals surface area (Å²) in [5, 5.41) is 11.9. The lowest BCUT2D eigenvalue weighted by molar-refractivity contribution is 0.102. The molecule has 0 aliphatic carbocycles. The summed E-state index contributed by atoms with van der Waals surface area (Å²) in [6.45, 7) is 0.394. The number of nitrogens with zero attached hydrogens (tertiary/aromatic N) is 5. The van der Waals surface area contributed by atoms with Crippen LogP contribution < -0.4 is 10.1 Å². The van der Waals surface area contributed by atoms with Crippen LogP contribution in [0.3, 0.4) is 0 Å². The SMILES string of the molecule is COc1ccccc1-c1cc(C(F)F)n2ncc(C(=O)Nc3ccn(Cc4ccc(Cl)c(Cl)c4)n3)c2n1. The first-order valence-electron chi connectivity index (χ1n) is 10.9. The molecule has 2 aromatic carbocycles. The fraction of sp³-hybridized carbons (Fsp3) is 0.120. The predicted molar refractivity (Wildman–Crippen MR) is 136 cm³/mol. The molecule has 0 saturated heterocycles. The van der Waals surface area contributed by atoms with E-state index >= 15 is 0 Å². The van der Waals surface area contributed by atoms with Gasteiger partial charge in [0, 0.05) is 17.8 Å². The molecule has 8 nitrogen and oxygen atoms in total. The number of carbonyl (C=O) groups excluding carboxylic acids is 1. The monoisotopic (exact) mass is 542 g/mol. The minimum atomic E-state index is -2.85. The van der Waals surface area contributed by atoms with Crippen LogP contribution in [0.25, 0.3) is 16.9 Å². The third kappa shape index (κ3) is 4.98. The highest BCUT2D eigenvalue weighted by molar-refractivity contribution is 6.42. The van der Waals surface area contributed by atoms with Crippen molar-refractivity contribution in [1.29, 1.82) is 0 Å². The molecule has 188 valence electrons. The van der Waals surface area contributed by atoms with Gasteiger partial charge in [-0.3, -0.25) is 9.48 Å². The Labute approximate surface area is 219 Å². The van der Waals surface area contributed by atoms with Crippen LogP contribution in [0.5, 0.6) is 5.75 Å². The largest absolute Gasteiger partial charge is 0.496 e. The minimum Gasteiger partial charge on any atom is -0.496 e. The molecule has 0 saturated carbocycles. The number of halogens is 4. The van der Waals surface area contributed by atoms with Gasteiger partial charge in [0.05, 0.1) is 35.6 Å². The number of hydrogen-bond acceptors (Lipinski definition) is 5. The van der Waals surface area contributed by atoms with E-state index in [4.69, 9.17) is 27.9 Å². The molecule has 3 aromatic heterocycles. The summed E-state index contributed by atoms with van der Waals surface area (Å²) in [6.07, 6.45) is 0.0236. The van der Waals surface area contributed by atoms with Crippen LogP contribution in [0.1, 0.15) is 28.0 Å². The third-order valence-corrected chi connectivity index (χ3v) is 6.30. The van der Waals surface area contributed by atoms with Crippen molar-refractivity contribution < 1.29 is 18.3 Å². The van der Waals surface area contributed by atoms with Gasteiger partial charge in [-0.2, -0.15) is 10.2 Å². The van der Waals surface area contributed by atoms with Crippen LogP contribution >= 0.6 is 23.2 Å². The first-order chi connectivity index (χ1) is 17.8. The summed E-state index contributed by atoms with van der Waals surface area (Å²) in [7, 11) is 1.48. The number of methoxy groups -OCH3 is 1. The maximum Gasteiger partial charge on any atom is 0.280 e. The Morgan fingerprint density at radius 2 is 1.92 bits per heavy atom. The Morgan fingerprint density at radius 3 is 2.68 bits per heavy atom. The number of aromatic nitrogens is 5. The van der Waals surface area contributed by atoms with Crippen LogP contribution in [0.15, 0.2) is 67.0 Å². The van der Waals surface area contributed by atoms with Crippen LogP contribution in [0.4, 0.5) is 14.6 Å². The highest BCUT2D eigenvalue weighted by Crippen LogP contribution is 2.32. The normalized spacial score (nSPS) is 11.3. The van der Waals surface area contributed by atoms with Gasteiger partial charge in [0.1, 0.15) is 17.0 Å². The summed E-state index contributed by atoms with van der Waals surface area (Å²) in [6, 6.07) is 15.0. The average Bonchev–Trinajstić information content (AvgIpc) is 3.52. The Hall–Kier alpha value is -4.02. The molecule has 0 radical (unpaired) electrons. The maximum absolute atomic E-state index is 13.9. The van der Waals surface area contributed by atoms with Gasteiger partial charge in [0.15, 0.2) is 11.5 Å². The number of hydrogen-bond donors (Lipinski definition) is 1. The number of para-hydroxylation sites is 1. The number of benzene rings is 2. The van der Waals surface area contributed by atoms with Crippen LogP contribution in [0.2, 0.25) is 10.0 Å². The van der Waals surface area contributed by atoms with E-state index in [9.17, 15) is 13.6 Å². The van der Waals surface area contributed by atoms with Crippen molar-refractivity contribution in [2.75, 3.05) is 12.4 Å². The van der Waals surface area contributed by atoms with Crippen molar-refractivity contribution in [3.05, 3.63) is 93.9 Å². The smallest absolute Gasteiger partial charge is 0.280 e. The van der Waals surface area contributed by atoms with E-state index in [2.05, 4.69) is 20.5 Å². The molecule has 0 aliphatic rings. The van der Waals surface area contributed by atoms with Gasteiger partial charge in [-0.15, -0.1) is 0 Å². The van der Waals surface area contributed by atoms with Gasteiger partial charge in [0.2, 0.25) is 0 Å². The number of ether oxygens (including phenoxy) is 1. The highest BCUT2D eigenvalue weighted by atomic mass is 35.5. The van der Waals surface area contributed by atoms with Gasteiger partial charge in [-0.25, -0.2) is 18.3 Å². The summed E-state index contributed by atoms with van der Waals surface area (Å²) >= 11 is 12.0. The molecule has 0 aliphatic heterocycles. The summed E-state index contributed by atoms with van der Waals surface area (Å²) in [5.41, 5.74) is 1.18. The number of amides is 1. The number of anilines is 1. The van der Waals surface area contributed by atoms with Crippen molar-refractivity contribution in [3.8, 4) is 17.0 Å². The summed E-state index contributed by atoms with van der Waals surface area (Å²) in [5.74, 6) is 0.122. The third-order valence-electron chi connectivity index (χ3n) is 5.56. The van der Waals surface area contributed by atoms with Gasteiger partial charge in [0.25, 0.3) is 12.3 Å². The molecule has 1 N–H and O–H groups in total. The Morgan fingerprint density at radius 1 is 1.11 bits per heavy atom. The van der Waals surface area contributed by atoms with Crippen LogP contribution in [-0.4, -0.2) is 37.4 Å². The number of rotatable bonds is 7. The van der Waals surface area contributed by atoms with Gasteiger partial charge >= 0.3 is 0 Å². The van der Waals surface area contributed by atoms with E-state index in [0.29, 0.717) is 27.9 Å². The Balaban J connectivity index is 1.45. The predicted octanol–water partition coefficient (Wildman–Crippen LogP) is 6.15. The molecule has 1 amide bonds. The van der Waals surface area contributed by atoms with E-state index < -0.39 is 18.0 Å². The van der Waals surface area contributed by atoms with E-state index in [1.807, 2.05) is 6.07 Å². The fourth-order valence-corrected chi connectivity index (χ4v) is 4.14. The maximum atomic E-state index is 13.9. The number of carbonyl (C=O) groups is 1. The van der Waals surface area contributed by atoms with Crippen molar-refractivity contribution in [1.82, 2.24) is 24.4 Å². The van der Waals surface area contributed by atoms with Crippen molar-refractivity contribution in [3.63, 3.8) is 0 Å². The van der Waals surface area contributed by atoms with Gasteiger partial charge in [-0.05, 0) is 35.9 Å². The zero-order valence-corrected chi connectivity index (χ0v) is 20.7. The molecule has 0 fully saturated rings. The molecule has 5 aromatic rings. The van der Waals surface area contributed by atoms with E-state index in [1.54, 1.807) is 53.3 Å². The molecule has 5 rings (SSSR count). The van der Waals surface area contributed by atoms with E-state index in [0.717, 1.165) is 10.1 Å². The average molecular weight is 543 g/mol. The molecule has 37 heavy (non-hydrogen) atoms. The number of fused-ring (bicyclic) bond motifs is 1. The number of nitrogens with one attached hydrogen (secondary N) is 1. The first-order valence-corrected chi connectivity index (χ1v) is 11.7. The van der Waals surface area contributed by atoms with Gasteiger partial charge < -0.3 is 10.1 Å².